The summed E-state index contributed by atoms with van der Waals surface area (Å²) in [7, 11) is 0. The first-order valence-corrected chi connectivity index (χ1v) is 7.54. The number of benzene rings is 2. The molecule has 0 atom stereocenters. The van der Waals surface area contributed by atoms with Crippen LogP contribution >= 0.6 is 27.5 Å². The van der Waals surface area contributed by atoms with Crippen molar-refractivity contribution in [3.05, 3.63) is 57.0 Å². The van der Waals surface area contributed by atoms with Crippen LogP contribution in [0.1, 0.15) is 18.1 Å². The van der Waals surface area contributed by atoms with Crippen molar-refractivity contribution < 1.29 is 9.47 Å². The van der Waals surface area contributed by atoms with Crippen LogP contribution < -0.4 is 9.47 Å². The fourth-order valence-electron chi connectivity index (χ4n) is 1.82. The molecule has 0 unspecified atom stereocenters. The maximum Gasteiger partial charge on any atom is 0.180 e. The molecule has 0 aliphatic heterocycles. The molecule has 0 N–H and O–H groups in total. The fraction of sp³-hybridized carbons (Fsp3) is 0.188. The summed E-state index contributed by atoms with van der Waals surface area (Å²) in [6.45, 7) is 2.70. The van der Waals surface area contributed by atoms with Gasteiger partial charge in [0.05, 0.1) is 23.3 Å². The van der Waals surface area contributed by atoms with Gasteiger partial charge in [0.1, 0.15) is 6.61 Å². The molecule has 0 aromatic heterocycles. The predicted octanol–water partition coefficient (Wildman–Crippen LogP) is 4.95. The number of ether oxygens (including phenoxy) is 2. The number of halogens is 2. The fourth-order valence-corrected chi connectivity index (χ4v) is 2.53. The van der Waals surface area contributed by atoms with Gasteiger partial charge < -0.3 is 9.47 Å². The summed E-state index contributed by atoms with van der Waals surface area (Å²) in [5, 5.41) is 9.34. The minimum atomic E-state index is 0.366. The summed E-state index contributed by atoms with van der Waals surface area (Å²) in [4.78, 5) is 0. The van der Waals surface area contributed by atoms with Crippen molar-refractivity contribution in [2.45, 2.75) is 13.5 Å². The summed E-state index contributed by atoms with van der Waals surface area (Å²) < 4.78 is 12.3. The zero-order chi connectivity index (χ0) is 15.2. The van der Waals surface area contributed by atoms with Crippen molar-refractivity contribution in [2.75, 3.05) is 6.61 Å². The summed E-state index contributed by atoms with van der Waals surface area (Å²) in [5.41, 5.74) is 1.45. The van der Waals surface area contributed by atoms with E-state index in [1.54, 1.807) is 12.1 Å². The SMILES string of the molecule is CCOc1cc(C#N)cc(Cl)c1OCc1cccc(Br)c1. The van der Waals surface area contributed by atoms with Crippen LogP contribution in [0.4, 0.5) is 0 Å². The molecule has 0 fully saturated rings. The summed E-state index contributed by atoms with van der Waals surface area (Å²) in [6.07, 6.45) is 0. The Labute approximate surface area is 137 Å². The summed E-state index contributed by atoms with van der Waals surface area (Å²) >= 11 is 9.60. The molecule has 0 bridgehead atoms. The van der Waals surface area contributed by atoms with Gasteiger partial charge in [-0.05, 0) is 30.7 Å². The Bertz CT molecular complexity index is 682. The Hall–Kier alpha value is -1.70. The van der Waals surface area contributed by atoms with Crippen molar-refractivity contribution in [3.8, 4) is 17.6 Å². The van der Waals surface area contributed by atoms with E-state index in [0.29, 0.717) is 35.3 Å². The van der Waals surface area contributed by atoms with Crippen molar-refractivity contribution in [3.63, 3.8) is 0 Å². The van der Waals surface area contributed by atoms with Gasteiger partial charge in [-0.1, -0.05) is 39.7 Å². The molecule has 21 heavy (non-hydrogen) atoms. The Morgan fingerprint density at radius 2 is 2.05 bits per heavy atom. The van der Waals surface area contributed by atoms with Gasteiger partial charge in [-0.2, -0.15) is 5.26 Å². The molecule has 0 amide bonds. The van der Waals surface area contributed by atoms with E-state index in [9.17, 15) is 0 Å². The van der Waals surface area contributed by atoms with Gasteiger partial charge in [-0.15, -0.1) is 0 Å². The number of rotatable bonds is 5. The first kappa shape index (κ1) is 15.7. The minimum absolute atomic E-state index is 0.366. The number of hydrogen-bond acceptors (Lipinski definition) is 3. The Balaban J connectivity index is 2.24. The van der Waals surface area contributed by atoms with Gasteiger partial charge in [0.2, 0.25) is 0 Å². The maximum absolute atomic E-state index is 8.97. The predicted molar refractivity (Wildman–Crippen MR) is 85.8 cm³/mol. The monoisotopic (exact) mass is 365 g/mol. The lowest BCUT2D eigenvalue weighted by atomic mass is 10.2. The zero-order valence-corrected chi connectivity index (χ0v) is 13.7. The van der Waals surface area contributed by atoms with Crippen LogP contribution in [0.25, 0.3) is 0 Å². The van der Waals surface area contributed by atoms with Crippen molar-refractivity contribution in [2.24, 2.45) is 0 Å². The van der Waals surface area contributed by atoms with E-state index in [0.717, 1.165) is 10.0 Å². The van der Waals surface area contributed by atoms with Crippen LogP contribution in [-0.2, 0) is 6.61 Å². The van der Waals surface area contributed by atoms with Gasteiger partial charge in [0.15, 0.2) is 11.5 Å². The second kappa shape index (κ2) is 7.35. The van der Waals surface area contributed by atoms with E-state index in [1.807, 2.05) is 37.3 Å². The summed E-state index contributed by atoms with van der Waals surface area (Å²) in [5.74, 6) is 0.939. The highest BCUT2D eigenvalue weighted by Gasteiger charge is 2.13. The van der Waals surface area contributed by atoms with E-state index in [2.05, 4.69) is 15.9 Å². The average molecular weight is 367 g/mol. The molecule has 0 aliphatic rings. The van der Waals surface area contributed by atoms with Crippen LogP contribution in [0, 0.1) is 11.3 Å². The smallest absolute Gasteiger partial charge is 0.180 e. The molecule has 0 saturated carbocycles. The van der Waals surface area contributed by atoms with Crippen LogP contribution in [0.3, 0.4) is 0 Å². The van der Waals surface area contributed by atoms with E-state index >= 15 is 0 Å². The Morgan fingerprint density at radius 3 is 2.71 bits per heavy atom. The van der Waals surface area contributed by atoms with E-state index in [1.165, 1.54) is 0 Å². The van der Waals surface area contributed by atoms with Gasteiger partial charge in [0, 0.05) is 10.5 Å². The molecule has 0 spiro atoms. The second-order valence-electron chi connectivity index (χ2n) is 4.25. The topological polar surface area (TPSA) is 42.2 Å². The lowest BCUT2D eigenvalue weighted by Gasteiger charge is -2.14. The molecule has 5 heteroatoms. The van der Waals surface area contributed by atoms with Crippen molar-refractivity contribution >= 4 is 27.5 Å². The van der Waals surface area contributed by atoms with Crippen LogP contribution in [0.2, 0.25) is 5.02 Å². The highest BCUT2D eigenvalue weighted by atomic mass is 79.9. The standard InChI is InChI=1S/C16H13BrClNO2/c1-2-20-15-8-12(9-19)7-14(18)16(15)21-10-11-4-3-5-13(17)6-11/h3-8H,2,10H2,1H3. The lowest BCUT2D eigenvalue weighted by Crippen LogP contribution is -2.01. The Kier molecular flexibility index (Phi) is 5.49. The van der Waals surface area contributed by atoms with Gasteiger partial charge in [-0.3, -0.25) is 0 Å². The minimum Gasteiger partial charge on any atom is -0.490 e. The summed E-state index contributed by atoms with van der Waals surface area (Å²) in [6, 6.07) is 13.1. The number of hydrogen-bond donors (Lipinski definition) is 0. The first-order chi connectivity index (χ1) is 10.1. The molecule has 0 radical (unpaired) electrons. The second-order valence-corrected chi connectivity index (χ2v) is 5.57. The van der Waals surface area contributed by atoms with E-state index < -0.39 is 0 Å². The molecular formula is C16H13BrClNO2. The normalized spacial score (nSPS) is 10.0. The maximum atomic E-state index is 8.97. The van der Waals surface area contributed by atoms with Crippen molar-refractivity contribution in [1.82, 2.24) is 0 Å². The molecule has 0 aliphatic carbocycles. The lowest BCUT2D eigenvalue weighted by molar-refractivity contribution is 0.269. The number of nitriles is 1. The van der Waals surface area contributed by atoms with E-state index in [4.69, 9.17) is 26.3 Å². The first-order valence-electron chi connectivity index (χ1n) is 6.37. The van der Waals surface area contributed by atoms with Crippen LogP contribution in [0.15, 0.2) is 40.9 Å². The molecule has 3 nitrogen and oxygen atoms in total. The molecule has 0 heterocycles. The molecular weight excluding hydrogens is 354 g/mol. The highest BCUT2D eigenvalue weighted by molar-refractivity contribution is 9.10. The Morgan fingerprint density at radius 1 is 1.24 bits per heavy atom. The highest BCUT2D eigenvalue weighted by Crippen LogP contribution is 2.37. The van der Waals surface area contributed by atoms with Crippen LogP contribution in [0.5, 0.6) is 11.5 Å². The van der Waals surface area contributed by atoms with E-state index in [-0.39, 0.29) is 0 Å². The molecule has 2 rings (SSSR count). The molecule has 108 valence electrons. The van der Waals surface area contributed by atoms with Gasteiger partial charge in [-0.25, -0.2) is 0 Å². The van der Waals surface area contributed by atoms with Crippen molar-refractivity contribution in [1.29, 1.82) is 5.26 Å². The average Bonchev–Trinajstić information content (AvgIpc) is 2.46. The zero-order valence-electron chi connectivity index (χ0n) is 11.4. The third-order valence-electron chi connectivity index (χ3n) is 2.71. The molecule has 0 saturated heterocycles. The van der Waals surface area contributed by atoms with Gasteiger partial charge in [0.25, 0.3) is 0 Å². The third-order valence-corrected chi connectivity index (χ3v) is 3.48. The quantitative estimate of drug-likeness (QED) is 0.751. The third kappa shape index (κ3) is 4.13. The van der Waals surface area contributed by atoms with Gasteiger partial charge >= 0.3 is 0 Å². The molecule has 2 aromatic rings. The molecule has 2 aromatic carbocycles. The number of nitrogens with zero attached hydrogens (tertiary/aromatic N) is 1. The van der Waals surface area contributed by atoms with Crippen LogP contribution in [-0.4, -0.2) is 6.61 Å². The largest absolute Gasteiger partial charge is 0.490 e.